The molecule has 1 aromatic carbocycles. The second-order valence-corrected chi connectivity index (χ2v) is 5.82. The first kappa shape index (κ1) is 15.3. The van der Waals surface area contributed by atoms with Crippen LogP contribution in [0, 0.1) is 11.8 Å². The largest absolute Gasteiger partial charge is 0.491 e. The van der Waals surface area contributed by atoms with Crippen molar-refractivity contribution >= 4 is 17.5 Å². The monoisotopic (exact) mass is 316 g/mol. The van der Waals surface area contributed by atoms with E-state index in [9.17, 15) is 14.0 Å². The van der Waals surface area contributed by atoms with Crippen LogP contribution in [-0.4, -0.2) is 49.1 Å². The van der Waals surface area contributed by atoms with Gasteiger partial charge in [0.05, 0.1) is 31.8 Å². The average Bonchev–Trinajstić information content (AvgIpc) is 2.62. The zero-order chi connectivity index (χ0) is 16.6. The Kier molecular flexibility index (Phi) is 3.72. The Labute approximate surface area is 134 Å². The van der Waals surface area contributed by atoms with Crippen molar-refractivity contribution in [3.63, 3.8) is 0 Å². The number of ether oxygens (including phenoxy) is 1. The van der Waals surface area contributed by atoms with Crippen LogP contribution in [0.2, 0.25) is 0 Å². The molecule has 2 heterocycles. The first-order valence-electron chi connectivity index (χ1n) is 7.39. The summed E-state index contributed by atoms with van der Waals surface area (Å²) in [5.74, 6) is 5.82. The molecule has 0 atom stereocenters. The molecular weight excluding hydrogens is 299 g/mol. The van der Waals surface area contributed by atoms with E-state index in [1.165, 1.54) is 16.7 Å². The van der Waals surface area contributed by atoms with Gasteiger partial charge in [0.1, 0.15) is 5.75 Å². The van der Waals surface area contributed by atoms with Gasteiger partial charge >= 0.3 is 0 Å². The highest BCUT2D eigenvalue weighted by Crippen LogP contribution is 2.31. The highest BCUT2D eigenvalue weighted by molar-refractivity contribution is 5.95. The lowest BCUT2D eigenvalue weighted by atomic mass is 9.96. The van der Waals surface area contributed by atoms with E-state index in [1.54, 1.807) is 25.2 Å². The van der Waals surface area contributed by atoms with Gasteiger partial charge in [-0.15, -0.1) is 0 Å². The highest BCUT2D eigenvalue weighted by Gasteiger charge is 2.43. The number of carbonyl (C=O) groups excluding carboxylic acids is 2. The molecule has 0 spiro atoms. The van der Waals surface area contributed by atoms with E-state index in [2.05, 4.69) is 11.8 Å². The van der Waals surface area contributed by atoms with Crippen LogP contribution in [0.1, 0.15) is 18.9 Å². The van der Waals surface area contributed by atoms with E-state index in [4.69, 9.17) is 4.74 Å². The Morgan fingerprint density at radius 2 is 2.13 bits per heavy atom. The van der Waals surface area contributed by atoms with E-state index >= 15 is 0 Å². The molecule has 0 aliphatic carbocycles. The number of fused-ring (bicyclic) bond motifs is 1. The number of nitrogens with zero attached hydrogens (tertiary/aromatic N) is 2. The van der Waals surface area contributed by atoms with E-state index in [0.29, 0.717) is 30.0 Å². The molecule has 6 heteroatoms. The minimum Gasteiger partial charge on any atom is -0.491 e. The summed E-state index contributed by atoms with van der Waals surface area (Å²) >= 11 is 0. The molecule has 1 fully saturated rings. The summed E-state index contributed by atoms with van der Waals surface area (Å²) in [5.41, 5.74) is -0.421. The van der Waals surface area contributed by atoms with Gasteiger partial charge in [0.25, 0.3) is 0 Å². The minimum absolute atomic E-state index is 0.00176. The molecular formula is C17H17FN2O3. The third-order valence-corrected chi connectivity index (χ3v) is 4.03. The molecule has 2 aliphatic heterocycles. The summed E-state index contributed by atoms with van der Waals surface area (Å²) in [6.45, 7) is 1.76. The van der Waals surface area contributed by atoms with Crippen LogP contribution < -0.4 is 9.64 Å². The second kappa shape index (κ2) is 5.58. The first-order valence-corrected chi connectivity index (χ1v) is 7.39. The molecule has 0 radical (unpaired) electrons. The maximum absolute atomic E-state index is 14.3. The van der Waals surface area contributed by atoms with E-state index < -0.39 is 5.67 Å². The van der Waals surface area contributed by atoms with Gasteiger partial charge < -0.3 is 14.5 Å². The normalized spacial score (nSPS) is 18.8. The number of halogens is 1. The third kappa shape index (κ3) is 3.00. The number of hydrogen-bond donors (Lipinski definition) is 0. The molecule has 3 rings (SSSR count). The van der Waals surface area contributed by atoms with Gasteiger partial charge in [-0.2, -0.15) is 0 Å². The molecule has 1 aromatic rings. The number of amides is 2. The smallest absolute Gasteiger partial charge is 0.230 e. The van der Waals surface area contributed by atoms with E-state index in [-0.39, 0.29) is 24.9 Å². The van der Waals surface area contributed by atoms with Crippen molar-refractivity contribution in [3.05, 3.63) is 23.8 Å². The van der Waals surface area contributed by atoms with Crippen LogP contribution in [-0.2, 0) is 9.59 Å². The molecule has 5 nitrogen and oxygen atoms in total. The Hall–Kier alpha value is -2.55. The lowest BCUT2D eigenvalue weighted by Gasteiger charge is -2.40. The zero-order valence-electron chi connectivity index (χ0n) is 13.1. The SMILES string of the molecule is CC(=O)N1CC(F)(C#Cc2ccc3c(c2)N(C)C(=O)CCO3)C1. The number of likely N-dealkylation sites (tertiary alicyclic amines) is 1. The van der Waals surface area contributed by atoms with Crippen molar-refractivity contribution in [2.24, 2.45) is 0 Å². The summed E-state index contributed by atoms with van der Waals surface area (Å²) in [6, 6.07) is 5.19. The van der Waals surface area contributed by atoms with Crippen LogP contribution in [0.3, 0.4) is 0 Å². The number of hydrogen-bond acceptors (Lipinski definition) is 3. The van der Waals surface area contributed by atoms with Gasteiger partial charge in [-0.25, -0.2) is 4.39 Å². The van der Waals surface area contributed by atoms with Gasteiger partial charge in [0.15, 0.2) is 0 Å². The molecule has 2 aliphatic rings. The standard InChI is InChI=1S/C17H17FN2O3/c1-12(21)20-10-17(18,11-20)7-5-13-3-4-15-14(9-13)19(2)16(22)6-8-23-15/h3-4,9H,6,8,10-11H2,1-2H3. The highest BCUT2D eigenvalue weighted by atomic mass is 19.1. The maximum atomic E-state index is 14.3. The van der Waals surface area contributed by atoms with Crippen LogP contribution in [0.5, 0.6) is 5.75 Å². The molecule has 120 valence electrons. The van der Waals surface area contributed by atoms with Crippen molar-refractivity contribution in [2.45, 2.75) is 19.0 Å². The minimum atomic E-state index is -1.66. The number of rotatable bonds is 0. The Balaban J connectivity index is 1.81. The van der Waals surface area contributed by atoms with Gasteiger partial charge in [0, 0.05) is 19.5 Å². The van der Waals surface area contributed by atoms with Crippen molar-refractivity contribution in [3.8, 4) is 17.6 Å². The molecule has 0 unspecified atom stereocenters. The van der Waals surface area contributed by atoms with Crippen LogP contribution >= 0.6 is 0 Å². The summed E-state index contributed by atoms with van der Waals surface area (Å²) in [5, 5.41) is 0. The van der Waals surface area contributed by atoms with Gasteiger partial charge in [0.2, 0.25) is 17.5 Å². The fourth-order valence-electron chi connectivity index (χ4n) is 2.57. The summed E-state index contributed by atoms with van der Waals surface area (Å²) in [6.07, 6.45) is 0.320. The predicted octanol–water partition coefficient (Wildman–Crippen LogP) is 1.35. The Bertz CT molecular complexity index is 729. The molecule has 0 aromatic heterocycles. The van der Waals surface area contributed by atoms with E-state index in [0.717, 1.165) is 0 Å². The average molecular weight is 316 g/mol. The molecule has 0 N–H and O–H groups in total. The second-order valence-electron chi connectivity index (χ2n) is 5.82. The summed E-state index contributed by atoms with van der Waals surface area (Å²) in [7, 11) is 1.68. The zero-order valence-corrected chi connectivity index (χ0v) is 13.1. The van der Waals surface area contributed by atoms with Crippen molar-refractivity contribution in [2.75, 3.05) is 31.6 Å². The van der Waals surface area contributed by atoms with Crippen molar-refractivity contribution < 1.29 is 18.7 Å². The number of benzene rings is 1. The van der Waals surface area contributed by atoms with Gasteiger partial charge in [-0.3, -0.25) is 9.59 Å². The van der Waals surface area contributed by atoms with Gasteiger partial charge in [-0.05, 0) is 18.2 Å². The van der Waals surface area contributed by atoms with Crippen LogP contribution in [0.25, 0.3) is 0 Å². The molecule has 2 amide bonds. The fraction of sp³-hybridized carbons (Fsp3) is 0.412. The maximum Gasteiger partial charge on any atom is 0.230 e. The van der Waals surface area contributed by atoms with Crippen LogP contribution in [0.15, 0.2) is 18.2 Å². The summed E-state index contributed by atoms with van der Waals surface area (Å²) in [4.78, 5) is 25.9. The Morgan fingerprint density at radius 3 is 2.83 bits per heavy atom. The third-order valence-electron chi connectivity index (χ3n) is 4.03. The molecule has 1 saturated heterocycles. The lowest BCUT2D eigenvalue weighted by Crippen LogP contribution is -2.59. The van der Waals surface area contributed by atoms with Crippen molar-refractivity contribution in [1.29, 1.82) is 0 Å². The number of alkyl halides is 1. The first-order chi connectivity index (χ1) is 10.9. The summed E-state index contributed by atoms with van der Waals surface area (Å²) < 4.78 is 19.8. The molecule has 23 heavy (non-hydrogen) atoms. The lowest BCUT2D eigenvalue weighted by molar-refractivity contribution is -0.139. The van der Waals surface area contributed by atoms with Crippen molar-refractivity contribution in [1.82, 2.24) is 4.90 Å². The van der Waals surface area contributed by atoms with Crippen LogP contribution in [0.4, 0.5) is 10.1 Å². The molecule has 0 saturated carbocycles. The fourth-order valence-corrected chi connectivity index (χ4v) is 2.57. The predicted molar refractivity (Wildman–Crippen MR) is 82.9 cm³/mol. The quantitative estimate of drug-likeness (QED) is 0.679. The molecule has 0 bridgehead atoms. The Morgan fingerprint density at radius 1 is 1.39 bits per heavy atom. The number of anilines is 1. The number of carbonyl (C=O) groups is 2. The van der Waals surface area contributed by atoms with E-state index in [1.807, 2.05) is 0 Å². The topological polar surface area (TPSA) is 49.9 Å². The van der Waals surface area contributed by atoms with Gasteiger partial charge in [-0.1, -0.05) is 11.8 Å².